The monoisotopic (exact) mass is 409 g/mol. The molecule has 2 heterocycles. The maximum Gasteiger partial charge on any atom is 0.222 e. The number of hydrogen-bond donors (Lipinski definition) is 2. The first kappa shape index (κ1) is 19.9. The number of nitrogens with zero attached hydrogens (tertiary/aromatic N) is 3. The van der Waals surface area contributed by atoms with Gasteiger partial charge in [0.25, 0.3) is 0 Å². The highest BCUT2D eigenvalue weighted by Crippen LogP contribution is 2.45. The van der Waals surface area contributed by atoms with Gasteiger partial charge in [0.1, 0.15) is 12.0 Å². The number of carbonyl (C=O) groups is 1. The second kappa shape index (κ2) is 8.14. The van der Waals surface area contributed by atoms with Crippen molar-refractivity contribution in [3.05, 3.63) is 66.5 Å². The first-order chi connectivity index (χ1) is 14.5. The van der Waals surface area contributed by atoms with E-state index in [2.05, 4.69) is 25.6 Å². The molecule has 1 aliphatic carbocycles. The van der Waals surface area contributed by atoms with E-state index in [-0.39, 0.29) is 31.0 Å². The molecule has 30 heavy (non-hydrogen) atoms. The van der Waals surface area contributed by atoms with Crippen molar-refractivity contribution >= 4 is 17.5 Å². The third-order valence-corrected chi connectivity index (χ3v) is 5.27. The van der Waals surface area contributed by atoms with Gasteiger partial charge in [-0.05, 0) is 31.0 Å². The third kappa shape index (κ3) is 3.98. The molecule has 1 amide bonds. The van der Waals surface area contributed by atoms with Gasteiger partial charge in [-0.25, -0.2) is 18.7 Å². The lowest BCUT2D eigenvalue weighted by Gasteiger charge is -2.43. The fraction of sp³-hybridized carbons (Fsp3) is 0.273. The van der Waals surface area contributed by atoms with E-state index in [9.17, 15) is 13.6 Å². The molecule has 0 spiro atoms. The van der Waals surface area contributed by atoms with Crippen molar-refractivity contribution in [1.82, 2.24) is 15.0 Å². The van der Waals surface area contributed by atoms with E-state index >= 15 is 0 Å². The van der Waals surface area contributed by atoms with Gasteiger partial charge in [0.05, 0.1) is 5.69 Å². The molecule has 1 aliphatic rings. The van der Waals surface area contributed by atoms with E-state index in [1.807, 2.05) is 18.2 Å². The number of rotatable bonds is 6. The fourth-order valence-electron chi connectivity index (χ4n) is 3.83. The highest BCUT2D eigenvalue weighted by molar-refractivity contribution is 5.93. The molecule has 8 heteroatoms. The molecule has 2 aromatic heterocycles. The fourth-order valence-corrected chi connectivity index (χ4v) is 3.83. The third-order valence-electron chi connectivity index (χ3n) is 5.27. The van der Waals surface area contributed by atoms with Crippen LogP contribution in [0.5, 0.6) is 0 Å². The van der Waals surface area contributed by atoms with Crippen molar-refractivity contribution in [3.8, 4) is 11.1 Å². The molecular weight excluding hydrogens is 388 g/mol. The number of hydrogen-bond acceptors (Lipinski definition) is 5. The van der Waals surface area contributed by atoms with Gasteiger partial charge in [-0.15, -0.1) is 0 Å². The van der Waals surface area contributed by atoms with Gasteiger partial charge in [0, 0.05) is 54.3 Å². The quantitative estimate of drug-likeness (QED) is 0.640. The number of anilines is 2. The summed E-state index contributed by atoms with van der Waals surface area (Å²) in [5.74, 6) is -0.244. The molecule has 154 valence electrons. The summed E-state index contributed by atoms with van der Waals surface area (Å²) in [6, 6.07) is 10.2. The van der Waals surface area contributed by atoms with Gasteiger partial charge in [0.15, 0.2) is 0 Å². The number of pyridine rings is 1. The Hall–Kier alpha value is -3.42. The van der Waals surface area contributed by atoms with Crippen LogP contribution in [-0.2, 0) is 10.2 Å². The summed E-state index contributed by atoms with van der Waals surface area (Å²) < 4.78 is 27.9. The highest BCUT2D eigenvalue weighted by Gasteiger charge is 2.48. The van der Waals surface area contributed by atoms with Gasteiger partial charge < -0.3 is 10.6 Å². The summed E-state index contributed by atoms with van der Waals surface area (Å²) in [6.45, 7) is 1.73. The van der Waals surface area contributed by atoms with Gasteiger partial charge in [0.2, 0.25) is 11.9 Å². The normalized spacial score (nSPS) is 20.3. The number of halogens is 2. The topological polar surface area (TPSA) is 79.8 Å². The standard InChI is InChI=1S/C22H21F2N5O/c1-14(30)29-19-7-3-2-5-17(19)15-11-26-21(27-12-15)28-13-22(9-16(23)10-22)20-18(24)6-4-8-25-20/h2-8,11-12,16H,9-10,13H2,1H3,(H,29,30)(H,26,27,28). The Kier molecular flexibility index (Phi) is 5.39. The van der Waals surface area contributed by atoms with Crippen LogP contribution in [0.15, 0.2) is 55.0 Å². The minimum absolute atomic E-state index is 0.166. The second-order valence-corrected chi connectivity index (χ2v) is 7.50. The zero-order chi connectivity index (χ0) is 21.1. The van der Waals surface area contributed by atoms with Gasteiger partial charge >= 0.3 is 0 Å². The molecule has 4 rings (SSSR count). The Labute approximate surface area is 172 Å². The van der Waals surface area contributed by atoms with Crippen molar-refractivity contribution in [1.29, 1.82) is 0 Å². The van der Waals surface area contributed by atoms with E-state index in [0.717, 1.165) is 11.1 Å². The first-order valence-electron chi connectivity index (χ1n) is 9.65. The van der Waals surface area contributed by atoms with Crippen LogP contribution in [0.25, 0.3) is 11.1 Å². The molecule has 0 radical (unpaired) electrons. The zero-order valence-electron chi connectivity index (χ0n) is 16.4. The van der Waals surface area contributed by atoms with Crippen LogP contribution in [0, 0.1) is 5.82 Å². The van der Waals surface area contributed by atoms with E-state index < -0.39 is 17.4 Å². The van der Waals surface area contributed by atoms with Crippen LogP contribution in [0.4, 0.5) is 20.4 Å². The van der Waals surface area contributed by atoms with E-state index in [1.54, 1.807) is 18.5 Å². The van der Waals surface area contributed by atoms with Gasteiger partial charge in [-0.3, -0.25) is 9.78 Å². The molecule has 1 aromatic carbocycles. The van der Waals surface area contributed by atoms with Crippen molar-refractivity contribution < 1.29 is 13.6 Å². The molecule has 0 bridgehead atoms. The lowest BCUT2D eigenvalue weighted by molar-refractivity contribution is -0.114. The average Bonchev–Trinajstić information content (AvgIpc) is 2.71. The highest BCUT2D eigenvalue weighted by atomic mass is 19.1. The number of benzene rings is 1. The van der Waals surface area contributed by atoms with Crippen LogP contribution in [0.2, 0.25) is 0 Å². The Morgan fingerprint density at radius 3 is 2.53 bits per heavy atom. The maximum absolute atomic E-state index is 14.3. The summed E-state index contributed by atoms with van der Waals surface area (Å²) in [7, 11) is 0. The Balaban J connectivity index is 1.51. The van der Waals surface area contributed by atoms with Crippen molar-refractivity contribution in [3.63, 3.8) is 0 Å². The lowest BCUT2D eigenvalue weighted by Crippen LogP contribution is -2.49. The van der Waals surface area contributed by atoms with E-state index in [0.29, 0.717) is 11.6 Å². The van der Waals surface area contributed by atoms with Gasteiger partial charge in [-0.1, -0.05) is 18.2 Å². The van der Waals surface area contributed by atoms with E-state index in [1.165, 1.54) is 25.3 Å². The second-order valence-electron chi connectivity index (χ2n) is 7.50. The Bertz CT molecular complexity index is 1050. The maximum atomic E-state index is 14.3. The number of para-hydroxylation sites is 1. The summed E-state index contributed by atoms with van der Waals surface area (Å²) in [4.78, 5) is 24.2. The molecule has 3 aromatic rings. The minimum atomic E-state index is -0.971. The van der Waals surface area contributed by atoms with Gasteiger partial charge in [-0.2, -0.15) is 0 Å². The molecule has 6 nitrogen and oxygen atoms in total. The predicted molar refractivity (Wildman–Crippen MR) is 110 cm³/mol. The molecule has 0 unspecified atom stereocenters. The van der Waals surface area contributed by atoms with Crippen LogP contribution >= 0.6 is 0 Å². The van der Waals surface area contributed by atoms with Crippen molar-refractivity contribution in [2.75, 3.05) is 17.2 Å². The molecule has 0 saturated heterocycles. The van der Waals surface area contributed by atoms with Crippen LogP contribution < -0.4 is 10.6 Å². The Morgan fingerprint density at radius 1 is 1.13 bits per heavy atom. The first-order valence-corrected chi connectivity index (χ1v) is 9.65. The molecule has 0 aliphatic heterocycles. The predicted octanol–water partition coefficient (Wildman–Crippen LogP) is 4.12. The number of carbonyl (C=O) groups excluding carboxylic acids is 1. The SMILES string of the molecule is CC(=O)Nc1ccccc1-c1cnc(NCC2(c3ncccc3F)CC(F)C2)nc1. The number of aromatic nitrogens is 3. The number of alkyl halides is 1. The number of amides is 1. The lowest BCUT2D eigenvalue weighted by atomic mass is 9.65. The smallest absolute Gasteiger partial charge is 0.222 e. The molecule has 2 N–H and O–H groups in total. The molecule has 1 saturated carbocycles. The summed E-state index contributed by atoms with van der Waals surface area (Å²) in [5.41, 5.74) is 1.76. The van der Waals surface area contributed by atoms with Crippen LogP contribution in [0.3, 0.4) is 0 Å². The molecule has 1 fully saturated rings. The minimum Gasteiger partial charge on any atom is -0.353 e. The Morgan fingerprint density at radius 2 is 1.87 bits per heavy atom. The van der Waals surface area contributed by atoms with Crippen molar-refractivity contribution in [2.45, 2.75) is 31.4 Å². The summed E-state index contributed by atoms with van der Waals surface area (Å²) in [6.07, 6.45) is 4.24. The molecule has 0 atom stereocenters. The zero-order valence-corrected chi connectivity index (χ0v) is 16.4. The largest absolute Gasteiger partial charge is 0.353 e. The molecular formula is C22H21F2N5O. The summed E-state index contributed by atoms with van der Waals surface area (Å²) in [5, 5.41) is 5.88. The average molecular weight is 409 g/mol. The van der Waals surface area contributed by atoms with Crippen molar-refractivity contribution in [2.24, 2.45) is 0 Å². The van der Waals surface area contributed by atoms with E-state index in [4.69, 9.17) is 0 Å². The number of nitrogens with one attached hydrogen (secondary N) is 2. The van der Waals surface area contributed by atoms with Crippen LogP contribution in [0.1, 0.15) is 25.5 Å². The van der Waals surface area contributed by atoms with Crippen LogP contribution in [-0.4, -0.2) is 33.6 Å². The summed E-state index contributed by atoms with van der Waals surface area (Å²) >= 11 is 0.